The van der Waals surface area contributed by atoms with E-state index in [0.717, 1.165) is 5.56 Å². The number of para-hydroxylation sites is 1. The molecule has 3 aromatic rings. The number of carbonyl (C=O) groups excluding carboxylic acids is 2. The molecule has 0 unspecified atom stereocenters. The fourth-order valence-electron chi connectivity index (χ4n) is 4.31. The van der Waals surface area contributed by atoms with Crippen LogP contribution in [0.25, 0.3) is 11.1 Å². The second kappa shape index (κ2) is 11.8. The van der Waals surface area contributed by atoms with Gasteiger partial charge in [0.15, 0.2) is 0 Å². The molecule has 9 heteroatoms. The number of hydrogen-bond donors (Lipinski definition) is 2. The van der Waals surface area contributed by atoms with Crippen LogP contribution in [0.1, 0.15) is 29.8 Å². The average Bonchev–Trinajstić information content (AvgIpc) is 2.94. The minimum Gasteiger partial charge on any atom is -0.472 e. The van der Waals surface area contributed by atoms with Crippen LogP contribution in [0.4, 0.5) is 10.5 Å². The first kappa shape index (κ1) is 26.6. The molecule has 4 rings (SSSR count). The second-order valence-corrected chi connectivity index (χ2v) is 9.57. The summed E-state index contributed by atoms with van der Waals surface area (Å²) in [5.74, 6) is -0.269. The lowest BCUT2D eigenvalue weighted by Gasteiger charge is -2.37. The molecule has 0 saturated heterocycles. The van der Waals surface area contributed by atoms with Crippen LogP contribution in [-0.2, 0) is 0 Å². The summed E-state index contributed by atoms with van der Waals surface area (Å²) >= 11 is 0. The topological polar surface area (TPSA) is 119 Å². The third-order valence-corrected chi connectivity index (χ3v) is 6.69. The van der Waals surface area contributed by atoms with Crippen molar-refractivity contribution < 1.29 is 19.4 Å². The van der Waals surface area contributed by atoms with Crippen molar-refractivity contribution in [2.24, 2.45) is 5.92 Å². The maximum Gasteiger partial charge on any atom is 0.321 e. The number of hydrogen-bond acceptors (Lipinski definition) is 6. The van der Waals surface area contributed by atoms with Gasteiger partial charge in [0.25, 0.3) is 5.91 Å². The summed E-state index contributed by atoms with van der Waals surface area (Å²) in [5, 5.41) is 21.8. The molecule has 0 fully saturated rings. The highest BCUT2D eigenvalue weighted by Gasteiger charge is 2.34. The summed E-state index contributed by atoms with van der Waals surface area (Å²) in [7, 11) is 1.69. The van der Waals surface area contributed by atoms with Gasteiger partial charge in [-0.1, -0.05) is 37.3 Å². The molecule has 0 aliphatic carbocycles. The molecular weight excluding hydrogens is 482 g/mol. The van der Waals surface area contributed by atoms with E-state index in [1.165, 1.54) is 0 Å². The minimum atomic E-state index is -0.463. The first-order chi connectivity index (χ1) is 18.3. The SMILES string of the molecule is C[C@@H]1CN([C@@H](C)CO)C(=O)c2cc(-c3ccc(C#N)cc3)cnc2O[C@@H]1CN(C)C(=O)Nc1ccccc1. The maximum absolute atomic E-state index is 13.6. The Hall–Kier alpha value is -4.42. The molecule has 1 aliphatic heterocycles. The number of aliphatic hydroxyl groups excluding tert-OH is 1. The lowest BCUT2D eigenvalue weighted by atomic mass is 9.99. The molecule has 1 aromatic heterocycles. The van der Waals surface area contributed by atoms with Crippen molar-refractivity contribution in [1.82, 2.24) is 14.8 Å². The van der Waals surface area contributed by atoms with Crippen LogP contribution < -0.4 is 10.1 Å². The summed E-state index contributed by atoms with van der Waals surface area (Å²) in [4.78, 5) is 34.1. The third kappa shape index (κ3) is 5.93. The van der Waals surface area contributed by atoms with Crippen LogP contribution in [-0.4, -0.2) is 70.7 Å². The van der Waals surface area contributed by atoms with E-state index in [1.807, 2.05) is 37.3 Å². The number of pyridine rings is 1. The van der Waals surface area contributed by atoms with Gasteiger partial charge in [-0.05, 0) is 42.8 Å². The molecule has 0 radical (unpaired) electrons. The number of rotatable bonds is 6. The Balaban J connectivity index is 1.63. The van der Waals surface area contributed by atoms with Crippen molar-refractivity contribution in [2.75, 3.05) is 32.1 Å². The molecule has 196 valence electrons. The Morgan fingerprint density at radius 3 is 2.61 bits per heavy atom. The standard InChI is InChI=1S/C29H31N5O4/c1-19-16-34(20(2)18-35)28(36)25-13-23(22-11-9-21(14-30)10-12-22)15-31-27(25)38-26(19)17-33(3)29(37)32-24-7-5-4-6-8-24/h4-13,15,19-20,26,35H,16-18H2,1-3H3,(H,32,37)/t19-,20+,26-/m1/s1. The number of benzene rings is 2. The number of ether oxygens (including phenoxy) is 1. The molecule has 3 amide bonds. The predicted molar refractivity (Wildman–Crippen MR) is 144 cm³/mol. The fourth-order valence-corrected chi connectivity index (χ4v) is 4.31. The van der Waals surface area contributed by atoms with Gasteiger partial charge in [0, 0.05) is 37.0 Å². The van der Waals surface area contributed by atoms with Crippen molar-refractivity contribution in [3.8, 4) is 23.1 Å². The first-order valence-electron chi connectivity index (χ1n) is 12.5. The summed E-state index contributed by atoms with van der Waals surface area (Å²) in [6, 6.07) is 19.3. The van der Waals surface area contributed by atoms with E-state index < -0.39 is 12.1 Å². The zero-order valence-corrected chi connectivity index (χ0v) is 21.7. The monoisotopic (exact) mass is 513 g/mol. The van der Waals surface area contributed by atoms with Gasteiger partial charge in [0.1, 0.15) is 11.7 Å². The molecule has 1 aliphatic rings. The van der Waals surface area contributed by atoms with E-state index in [4.69, 9.17) is 10.00 Å². The van der Waals surface area contributed by atoms with Crippen LogP contribution in [0, 0.1) is 17.2 Å². The zero-order valence-electron chi connectivity index (χ0n) is 21.7. The molecule has 3 atom stereocenters. The summed E-state index contributed by atoms with van der Waals surface area (Å²) in [6.07, 6.45) is 1.16. The number of amides is 3. The zero-order chi connectivity index (χ0) is 27.2. The van der Waals surface area contributed by atoms with Crippen molar-refractivity contribution in [1.29, 1.82) is 5.26 Å². The van der Waals surface area contributed by atoms with Crippen molar-refractivity contribution in [3.05, 3.63) is 78.0 Å². The molecular formula is C29H31N5O4. The number of nitrogens with one attached hydrogen (secondary N) is 1. The minimum absolute atomic E-state index is 0.159. The first-order valence-corrected chi connectivity index (χ1v) is 12.5. The van der Waals surface area contributed by atoms with Crippen LogP contribution >= 0.6 is 0 Å². The quantitative estimate of drug-likeness (QED) is 0.514. The smallest absolute Gasteiger partial charge is 0.321 e. The van der Waals surface area contributed by atoms with E-state index in [2.05, 4.69) is 16.4 Å². The van der Waals surface area contributed by atoms with E-state index >= 15 is 0 Å². The van der Waals surface area contributed by atoms with Gasteiger partial charge in [-0.3, -0.25) is 4.79 Å². The second-order valence-electron chi connectivity index (χ2n) is 9.57. The number of fused-ring (bicyclic) bond motifs is 1. The van der Waals surface area contributed by atoms with Gasteiger partial charge < -0.3 is 25.0 Å². The van der Waals surface area contributed by atoms with Gasteiger partial charge in [0.2, 0.25) is 5.88 Å². The highest BCUT2D eigenvalue weighted by atomic mass is 16.5. The number of anilines is 1. The van der Waals surface area contributed by atoms with Gasteiger partial charge in [0.05, 0.1) is 30.8 Å². The van der Waals surface area contributed by atoms with Gasteiger partial charge >= 0.3 is 6.03 Å². The van der Waals surface area contributed by atoms with Crippen LogP contribution in [0.5, 0.6) is 5.88 Å². The van der Waals surface area contributed by atoms with E-state index in [0.29, 0.717) is 23.4 Å². The Morgan fingerprint density at radius 1 is 1.24 bits per heavy atom. The summed E-state index contributed by atoms with van der Waals surface area (Å²) < 4.78 is 6.29. The summed E-state index contributed by atoms with van der Waals surface area (Å²) in [6.45, 7) is 4.14. The molecule has 0 bridgehead atoms. The van der Waals surface area contributed by atoms with E-state index in [9.17, 15) is 14.7 Å². The molecule has 2 N–H and O–H groups in total. The lowest BCUT2D eigenvalue weighted by molar-refractivity contribution is 0.0356. The molecule has 2 aromatic carbocycles. The lowest BCUT2D eigenvalue weighted by Crippen LogP contribution is -2.50. The van der Waals surface area contributed by atoms with Crippen molar-refractivity contribution in [3.63, 3.8) is 0 Å². The fraction of sp³-hybridized carbons (Fsp3) is 0.310. The average molecular weight is 514 g/mol. The molecule has 38 heavy (non-hydrogen) atoms. The van der Waals surface area contributed by atoms with Gasteiger partial charge in [-0.25, -0.2) is 9.78 Å². The Kier molecular flexibility index (Phi) is 8.24. The number of nitrogens with zero attached hydrogens (tertiary/aromatic N) is 4. The Morgan fingerprint density at radius 2 is 1.95 bits per heavy atom. The Bertz CT molecular complexity index is 1320. The largest absolute Gasteiger partial charge is 0.472 e. The number of urea groups is 1. The van der Waals surface area contributed by atoms with Gasteiger partial charge in [-0.15, -0.1) is 0 Å². The van der Waals surface area contributed by atoms with E-state index in [1.54, 1.807) is 60.3 Å². The third-order valence-electron chi connectivity index (χ3n) is 6.69. The molecule has 9 nitrogen and oxygen atoms in total. The number of aliphatic hydroxyl groups is 1. The van der Waals surface area contributed by atoms with Crippen LogP contribution in [0.15, 0.2) is 66.9 Å². The van der Waals surface area contributed by atoms with Crippen molar-refractivity contribution in [2.45, 2.75) is 26.0 Å². The predicted octanol–water partition coefficient (Wildman–Crippen LogP) is 4.00. The maximum atomic E-state index is 13.6. The normalized spacial score (nSPS) is 17.8. The van der Waals surface area contributed by atoms with E-state index in [-0.39, 0.29) is 42.5 Å². The summed E-state index contributed by atoms with van der Waals surface area (Å²) in [5.41, 5.74) is 3.00. The highest BCUT2D eigenvalue weighted by Crippen LogP contribution is 2.30. The number of nitriles is 1. The van der Waals surface area contributed by atoms with Crippen LogP contribution in [0.2, 0.25) is 0 Å². The molecule has 0 spiro atoms. The number of aromatic nitrogens is 1. The van der Waals surface area contributed by atoms with Crippen LogP contribution in [0.3, 0.4) is 0 Å². The Labute approximate surface area is 222 Å². The number of likely N-dealkylation sites (N-methyl/N-ethyl adjacent to an activating group) is 1. The van der Waals surface area contributed by atoms with Crippen molar-refractivity contribution >= 4 is 17.6 Å². The highest BCUT2D eigenvalue weighted by molar-refractivity contribution is 5.98. The van der Waals surface area contributed by atoms with Gasteiger partial charge in [-0.2, -0.15) is 5.26 Å². The molecule has 2 heterocycles. The number of carbonyl (C=O) groups is 2. The molecule has 0 saturated carbocycles.